The van der Waals surface area contributed by atoms with Crippen LogP contribution in [0.15, 0.2) is 24.3 Å². The van der Waals surface area contributed by atoms with Crippen molar-refractivity contribution in [2.75, 3.05) is 26.2 Å². The van der Waals surface area contributed by atoms with Crippen molar-refractivity contribution in [3.63, 3.8) is 0 Å². The molecular weight excluding hydrogens is 381 g/mol. The van der Waals surface area contributed by atoms with Gasteiger partial charge in [0.15, 0.2) is 0 Å². The predicted molar refractivity (Wildman–Crippen MR) is 108 cm³/mol. The van der Waals surface area contributed by atoms with Crippen LogP contribution in [0.1, 0.15) is 37.8 Å². The molecular formula is C18H28Cl3N3O. The molecule has 0 aromatic heterocycles. The van der Waals surface area contributed by atoms with E-state index in [0.29, 0.717) is 5.91 Å². The first-order valence-electron chi connectivity index (χ1n) is 8.59. The summed E-state index contributed by atoms with van der Waals surface area (Å²) >= 11 is 6.31. The van der Waals surface area contributed by atoms with Crippen LogP contribution in [-0.2, 0) is 4.79 Å². The van der Waals surface area contributed by atoms with E-state index >= 15 is 0 Å². The van der Waals surface area contributed by atoms with Gasteiger partial charge in [-0.2, -0.15) is 0 Å². The molecule has 2 N–H and O–H groups in total. The highest BCUT2D eigenvalue weighted by Gasteiger charge is 2.33. The molecule has 0 radical (unpaired) electrons. The zero-order valence-electron chi connectivity index (χ0n) is 14.6. The second kappa shape index (κ2) is 9.98. The summed E-state index contributed by atoms with van der Waals surface area (Å²) in [5.74, 6) is 0.459. The largest absolute Gasteiger partial charge is 0.340 e. The van der Waals surface area contributed by atoms with E-state index in [0.717, 1.165) is 56.0 Å². The minimum atomic E-state index is 0. The van der Waals surface area contributed by atoms with Crippen molar-refractivity contribution < 1.29 is 4.79 Å². The first-order chi connectivity index (χ1) is 11.1. The first kappa shape index (κ1) is 22.5. The standard InChI is InChI=1S/C18H26ClN3O.2ClH/c1-13(16-4-2-3-5-17(16)19)21-8-10-22(11-9-21)18(23)14-6-7-15(20)12-14;;/h2-5,13-15H,6-12,20H2,1H3;2*1H. The predicted octanol–water partition coefficient (Wildman–Crippen LogP) is 3.52. The van der Waals surface area contributed by atoms with Crippen molar-refractivity contribution in [2.24, 2.45) is 11.7 Å². The molecule has 142 valence electrons. The molecule has 3 atom stereocenters. The number of piperazine rings is 1. The van der Waals surface area contributed by atoms with Crippen LogP contribution < -0.4 is 5.73 Å². The Bertz CT molecular complexity index is 564. The van der Waals surface area contributed by atoms with Crippen molar-refractivity contribution >= 4 is 42.3 Å². The minimum absolute atomic E-state index is 0. The van der Waals surface area contributed by atoms with Crippen LogP contribution in [0.2, 0.25) is 5.02 Å². The van der Waals surface area contributed by atoms with E-state index < -0.39 is 0 Å². The number of nitrogens with zero attached hydrogens (tertiary/aromatic N) is 2. The van der Waals surface area contributed by atoms with Gasteiger partial charge in [-0.1, -0.05) is 29.8 Å². The minimum Gasteiger partial charge on any atom is -0.340 e. The van der Waals surface area contributed by atoms with Gasteiger partial charge in [0.2, 0.25) is 5.91 Å². The molecule has 1 aliphatic heterocycles. The maximum absolute atomic E-state index is 12.6. The average Bonchev–Trinajstić information content (AvgIpc) is 3.01. The van der Waals surface area contributed by atoms with E-state index in [2.05, 4.69) is 17.9 Å². The molecule has 7 heteroatoms. The van der Waals surface area contributed by atoms with Gasteiger partial charge in [-0.25, -0.2) is 0 Å². The normalized spacial score (nSPS) is 25.0. The monoisotopic (exact) mass is 407 g/mol. The Labute approximate surface area is 167 Å². The lowest BCUT2D eigenvalue weighted by Gasteiger charge is -2.39. The van der Waals surface area contributed by atoms with Crippen LogP contribution in [0.5, 0.6) is 0 Å². The summed E-state index contributed by atoms with van der Waals surface area (Å²) < 4.78 is 0. The van der Waals surface area contributed by atoms with E-state index in [9.17, 15) is 4.79 Å². The molecule has 0 spiro atoms. The van der Waals surface area contributed by atoms with E-state index in [1.165, 1.54) is 0 Å². The van der Waals surface area contributed by atoms with Gasteiger partial charge >= 0.3 is 0 Å². The van der Waals surface area contributed by atoms with Gasteiger partial charge < -0.3 is 10.6 Å². The molecule has 1 amide bonds. The Hall–Kier alpha value is -0.520. The Morgan fingerprint density at radius 2 is 1.80 bits per heavy atom. The number of carbonyl (C=O) groups excluding carboxylic acids is 1. The second-order valence-electron chi connectivity index (χ2n) is 6.83. The number of hydrogen-bond acceptors (Lipinski definition) is 3. The number of amides is 1. The van der Waals surface area contributed by atoms with Crippen LogP contribution in [0.25, 0.3) is 0 Å². The number of rotatable bonds is 3. The molecule has 1 heterocycles. The molecule has 1 aromatic rings. The lowest BCUT2D eigenvalue weighted by Crippen LogP contribution is -2.50. The fraction of sp³-hybridized carbons (Fsp3) is 0.611. The van der Waals surface area contributed by atoms with Crippen molar-refractivity contribution in [1.82, 2.24) is 9.80 Å². The van der Waals surface area contributed by atoms with Crippen molar-refractivity contribution in [2.45, 2.75) is 38.3 Å². The first-order valence-corrected chi connectivity index (χ1v) is 8.97. The van der Waals surface area contributed by atoms with Gasteiger partial charge in [0.25, 0.3) is 0 Å². The topological polar surface area (TPSA) is 49.6 Å². The molecule has 3 rings (SSSR count). The van der Waals surface area contributed by atoms with Crippen LogP contribution in [0.3, 0.4) is 0 Å². The smallest absolute Gasteiger partial charge is 0.225 e. The lowest BCUT2D eigenvalue weighted by molar-refractivity contribution is -0.137. The summed E-state index contributed by atoms with van der Waals surface area (Å²) in [5.41, 5.74) is 7.10. The van der Waals surface area contributed by atoms with Gasteiger partial charge in [0, 0.05) is 49.2 Å². The van der Waals surface area contributed by atoms with Crippen LogP contribution in [0.4, 0.5) is 0 Å². The van der Waals surface area contributed by atoms with Crippen molar-refractivity contribution in [1.29, 1.82) is 0 Å². The van der Waals surface area contributed by atoms with E-state index in [-0.39, 0.29) is 42.8 Å². The summed E-state index contributed by atoms with van der Waals surface area (Å²) in [6, 6.07) is 8.51. The quantitative estimate of drug-likeness (QED) is 0.832. The van der Waals surface area contributed by atoms with E-state index in [1.807, 2.05) is 23.1 Å². The fourth-order valence-electron chi connectivity index (χ4n) is 3.84. The molecule has 4 nitrogen and oxygen atoms in total. The summed E-state index contributed by atoms with van der Waals surface area (Å²) in [7, 11) is 0. The third-order valence-corrected chi connectivity index (χ3v) is 5.70. The highest BCUT2D eigenvalue weighted by molar-refractivity contribution is 6.31. The number of carbonyl (C=O) groups is 1. The molecule has 25 heavy (non-hydrogen) atoms. The lowest BCUT2D eigenvalue weighted by atomic mass is 10.0. The highest BCUT2D eigenvalue weighted by Crippen LogP contribution is 2.29. The van der Waals surface area contributed by atoms with Crippen LogP contribution in [0, 0.1) is 5.92 Å². The Morgan fingerprint density at radius 1 is 1.16 bits per heavy atom. The third kappa shape index (κ3) is 5.24. The van der Waals surface area contributed by atoms with Crippen LogP contribution >= 0.6 is 36.4 Å². The molecule has 1 aliphatic carbocycles. The Kier molecular flexibility index (Phi) is 8.99. The summed E-state index contributed by atoms with van der Waals surface area (Å²) in [6.45, 7) is 5.60. The highest BCUT2D eigenvalue weighted by atomic mass is 35.5. The maximum Gasteiger partial charge on any atom is 0.225 e. The number of halogens is 3. The molecule has 3 unspecified atom stereocenters. The molecule has 1 saturated carbocycles. The van der Waals surface area contributed by atoms with Crippen LogP contribution in [-0.4, -0.2) is 47.9 Å². The zero-order chi connectivity index (χ0) is 16.4. The SMILES string of the molecule is CC(c1ccccc1Cl)N1CCN(C(=O)C2CCC(N)C2)CC1.Cl.Cl. The number of benzene rings is 1. The number of hydrogen-bond donors (Lipinski definition) is 1. The van der Waals surface area contributed by atoms with Gasteiger partial charge in [-0.15, -0.1) is 24.8 Å². The molecule has 2 aliphatic rings. The van der Waals surface area contributed by atoms with Crippen molar-refractivity contribution in [3.05, 3.63) is 34.9 Å². The summed E-state index contributed by atoms with van der Waals surface area (Å²) in [4.78, 5) is 17.0. The molecule has 1 saturated heterocycles. The average molecular weight is 409 g/mol. The van der Waals surface area contributed by atoms with Gasteiger partial charge in [-0.05, 0) is 37.8 Å². The summed E-state index contributed by atoms with van der Waals surface area (Å²) in [6.07, 6.45) is 2.80. The van der Waals surface area contributed by atoms with E-state index in [4.69, 9.17) is 17.3 Å². The molecule has 0 bridgehead atoms. The third-order valence-electron chi connectivity index (χ3n) is 5.35. The van der Waals surface area contributed by atoms with Gasteiger partial charge in [0.05, 0.1) is 0 Å². The van der Waals surface area contributed by atoms with Gasteiger partial charge in [-0.3, -0.25) is 9.69 Å². The zero-order valence-corrected chi connectivity index (χ0v) is 17.0. The molecule has 2 fully saturated rings. The second-order valence-corrected chi connectivity index (χ2v) is 7.24. The Morgan fingerprint density at radius 3 is 2.36 bits per heavy atom. The maximum atomic E-state index is 12.6. The molecule has 1 aromatic carbocycles. The van der Waals surface area contributed by atoms with Gasteiger partial charge in [0.1, 0.15) is 0 Å². The summed E-state index contributed by atoms with van der Waals surface area (Å²) in [5, 5.41) is 0.818. The fourth-order valence-corrected chi connectivity index (χ4v) is 4.13. The number of nitrogens with two attached hydrogens (primary N) is 1. The van der Waals surface area contributed by atoms with E-state index in [1.54, 1.807) is 0 Å². The van der Waals surface area contributed by atoms with Crippen molar-refractivity contribution in [3.8, 4) is 0 Å². The Balaban J connectivity index is 0.00000156.